The number of amides is 2. The number of hydrogen-bond acceptors (Lipinski definition) is 2. The predicted octanol–water partition coefficient (Wildman–Crippen LogP) is 3.15. The molecule has 104 valence electrons. The molecule has 20 heavy (non-hydrogen) atoms. The fraction of sp³-hybridized carbons (Fsp3) is 0.333. The van der Waals surface area contributed by atoms with Gasteiger partial charge in [-0.15, -0.1) is 0 Å². The lowest BCUT2D eigenvalue weighted by Gasteiger charge is -2.37. The second-order valence-electron chi connectivity index (χ2n) is 5.13. The Morgan fingerprint density at radius 2 is 1.90 bits per heavy atom. The van der Waals surface area contributed by atoms with Crippen molar-refractivity contribution in [2.75, 3.05) is 7.05 Å². The van der Waals surface area contributed by atoms with Gasteiger partial charge >= 0.3 is 6.03 Å². The van der Waals surface area contributed by atoms with Crippen molar-refractivity contribution < 1.29 is 9.59 Å². The number of Topliss-reactive ketones (excluding diaryl/α,β-unsaturated/α-hetero) is 1. The van der Waals surface area contributed by atoms with Crippen molar-refractivity contribution in [3.63, 3.8) is 0 Å². The number of urea groups is 1. The summed E-state index contributed by atoms with van der Waals surface area (Å²) in [5, 5.41) is 2.92. The molecule has 1 aliphatic carbocycles. The molecule has 1 aromatic carbocycles. The van der Waals surface area contributed by atoms with Gasteiger partial charge in [0.1, 0.15) is 0 Å². The zero-order chi connectivity index (χ0) is 14.3. The molecule has 0 radical (unpaired) electrons. The summed E-state index contributed by atoms with van der Waals surface area (Å²) < 4.78 is 0.977. The standard InChI is InChI=1S/C15H15BrN2O2/c1-18-11-3-2-4-12(19)13(11)14(17-15(18)20)9-5-7-10(16)8-6-9/h5-8,14H,2-4H2,1H3,(H,17,20). The lowest BCUT2D eigenvalue weighted by atomic mass is 9.85. The quantitative estimate of drug-likeness (QED) is 0.857. The van der Waals surface area contributed by atoms with Crippen LogP contribution < -0.4 is 5.32 Å². The van der Waals surface area contributed by atoms with Crippen LogP contribution in [-0.2, 0) is 4.79 Å². The van der Waals surface area contributed by atoms with E-state index in [4.69, 9.17) is 0 Å². The van der Waals surface area contributed by atoms with E-state index in [2.05, 4.69) is 21.2 Å². The minimum Gasteiger partial charge on any atom is -0.327 e. The van der Waals surface area contributed by atoms with Crippen molar-refractivity contribution in [2.45, 2.75) is 25.3 Å². The van der Waals surface area contributed by atoms with Gasteiger partial charge in [-0.2, -0.15) is 0 Å². The fourth-order valence-electron chi connectivity index (χ4n) is 2.84. The van der Waals surface area contributed by atoms with E-state index in [0.29, 0.717) is 6.42 Å². The monoisotopic (exact) mass is 334 g/mol. The third kappa shape index (κ3) is 2.16. The molecule has 0 aromatic heterocycles. The fourth-order valence-corrected chi connectivity index (χ4v) is 3.11. The Morgan fingerprint density at radius 3 is 2.60 bits per heavy atom. The number of rotatable bonds is 1. The van der Waals surface area contributed by atoms with E-state index in [1.165, 1.54) is 0 Å². The number of halogens is 1. The second-order valence-corrected chi connectivity index (χ2v) is 6.05. The first kappa shape index (κ1) is 13.4. The third-order valence-corrected chi connectivity index (χ3v) is 4.43. The summed E-state index contributed by atoms with van der Waals surface area (Å²) in [6, 6.07) is 7.25. The smallest absolute Gasteiger partial charge is 0.322 e. The van der Waals surface area contributed by atoms with Gasteiger partial charge in [-0.25, -0.2) is 4.79 Å². The third-order valence-electron chi connectivity index (χ3n) is 3.90. The number of nitrogens with zero attached hydrogens (tertiary/aromatic N) is 1. The minimum absolute atomic E-state index is 0.144. The van der Waals surface area contributed by atoms with Gasteiger partial charge in [0.25, 0.3) is 0 Å². The average Bonchev–Trinajstić information content (AvgIpc) is 2.44. The molecule has 1 unspecified atom stereocenters. The molecule has 1 aromatic rings. The molecule has 0 saturated carbocycles. The molecular weight excluding hydrogens is 320 g/mol. The van der Waals surface area contributed by atoms with E-state index in [0.717, 1.165) is 34.1 Å². The van der Waals surface area contributed by atoms with E-state index in [-0.39, 0.29) is 17.9 Å². The molecule has 1 aliphatic heterocycles. The first-order chi connectivity index (χ1) is 9.58. The van der Waals surface area contributed by atoms with Gasteiger partial charge in [0.05, 0.1) is 6.04 Å². The largest absolute Gasteiger partial charge is 0.327 e. The highest BCUT2D eigenvalue weighted by Crippen LogP contribution is 2.36. The minimum atomic E-state index is -0.324. The van der Waals surface area contributed by atoms with Crippen LogP contribution in [0.1, 0.15) is 30.9 Å². The van der Waals surface area contributed by atoms with E-state index >= 15 is 0 Å². The number of nitrogens with one attached hydrogen (secondary N) is 1. The molecule has 4 nitrogen and oxygen atoms in total. The van der Waals surface area contributed by atoms with Crippen LogP contribution in [0.4, 0.5) is 4.79 Å². The zero-order valence-corrected chi connectivity index (χ0v) is 12.7. The summed E-state index contributed by atoms with van der Waals surface area (Å²) in [4.78, 5) is 25.9. The van der Waals surface area contributed by atoms with Crippen molar-refractivity contribution in [2.24, 2.45) is 0 Å². The van der Waals surface area contributed by atoms with Crippen LogP contribution in [0.3, 0.4) is 0 Å². The maximum absolute atomic E-state index is 12.3. The molecular formula is C15H15BrN2O2. The van der Waals surface area contributed by atoms with Gasteiger partial charge in [-0.1, -0.05) is 28.1 Å². The van der Waals surface area contributed by atoms with E-state index in [1.807, 2.05) is 24.3 Å². The number of allylic oxidation sites excluding steroid dienone is 1. The van der Waals surface area contributed by atoms with Gasteiger partial charge in [-0.05, 0) is 30.5 Å². The van der Waals surface area contributed by atoms with Gasteiger partial charge in [0, 0.05) is 29.2 Å². The first-order valence-corrected chi connectivity index (χ1v) is 7.43. The molecule has 1 N–H and O–H groups in total. The van der Waals surface area contributed by atoms with E-state index in [9.17, 15) is 9.59 Å². The van der Waals surface area contributed by atoms with Crippen molar-refractivity contribution in [3.05, 3.63) is 45.6 Å². The van der Waals surface area contributed by atoms with Gasteiger partial charge in [0.2, 0.25) is 0 Å². The van der Waals surface area contributed by atoms with Crippen LogP contribution in [0.2, 0.25) is 0 Å². The summed E-state index contributed by atoms with van der Waals surface area (Å²) >= 11 is 3.40. The van der Waals surface area contributed by atoms with Crippen LogP contribution in [0.15, 0.2) is 40.0 Å². The Bertz CT molecular complexity index is 607. The average molecular weight is 335 g/mol. The normalized spacial score (nSPS) is 22.7. The Balaban J connectivity index is 2.09. The summed E-state index contributed by atoms with van der Waals surface area (Å²) in [5.41, 5.74) is 2.57. The second kappa shape index (κ2) is 5.05. The van der Waals surface area contributed by atoms with Crippen LogP contribution in [0.25, 0.3) is 0 Å². The molecule has 0 fully saturated rings. The van der Waals surface area contributed by atoms with Crippen molar-refractivity contribution >= 4 is 27.7 Å². The molecule has 2 amide bonds. The lowest BCUT2D eigenvalue weighted by Crippen LogP contribution is -2.47. The number of carbonyl (C=O) groups excluding carboxylic acids is 2. The van der Waals surface area contributed by atoms with E-state index in [1.54, 1.807) is 11.9 Å². The van der Waals surface area contributed by atoms with Crippen LogP contribution >= 0.6 is 15.9 Å². The molecule has 3 rings (SSSR count). The summed E-state index contributed by atoms with van der Waals surface area (Å²) in [5.74, 6) is 0.144. The predicted molar refractivity (Wildman–Crippen MR) is 79.1 cm³/mol. The maximum atomic E-state index is 12.3. The summed E-state index contributed by atoms with van der Waals surface area (Å²) in [7, 11) is 1.72. The topological polar surface area (TPSA) is 49.4 Å². The molecule has 1 heterocycles. The Morgan fingerprint density at radius 1 is 1.20 bits per heavy atom. The molecule has 0 saturated heterocycles. The number of benzene rings is 1. The molecule has 2 aliphatic rings. The van der Waals surface area contributed by atoms with Crippen molar-refractivity contribution in [1.82, 2.24) is 10.2 Å². The SMILES string of the molecule is CN1C(=O)NC(c2ccc(Br)cc2)C2=C1CCCC2=O. The molecule has 1 atom stereocenters. The molecule has 5 heteroatoms. The summed E-state index contributed by atoms with van der Waals surface area (Å²) in [6.45, 7) is 0. The highest BCUT2D eigenvalue weighted by atomic mass is 79.9. The Labute approximate surface area is 126 Å². The van der Waals surface area contributed by atoms with E-state index < -0.39 is 0 Å². The number of hydrogen-bond donors (Lipinski definition) is 1. The van der Waals surface area contributed by atoms with Crippen LogP contribution in [-0.4, -0.2) is 23.8 Å². The van der Waals surface area contributed by atoms with Crippen LogP contribution in [0.5, 0.6) is 0 Å². The van der Waals surface area contributed by atoms with Gasteiger partial charge in [-0.3, -0.25) is 4.79 Å². The highest BCUT2D eigenvalue weighted by Gasteiger charge is 2.37. The molecule has 0 spiro atoms. The zero-order valence-electron chi connectivity index (χ0n) is 11.1. The van der Waals surface area contributed by atoms with Gasteiger partial charge in [0.15, 0.2) is 5.78 Å². The van der Waals surface area contributed by atoms with Crippen LogP contribution in [0, 0.1) is 0 Å². The maximum Gasteiger partial charge on any atom is 0.322 e. The number of ketones is 1. The van der Waals surface area contributed by atoms with Gasteiger partial charge < -0.3 is 10.2 Å². The Hall–Kier alpha value is -1.62. The number of carbonyl (C=O) groups is 2. The highest BCUT2D eigenvalue weighted by molar-refractivity contribution is 9.10. The lowest BCUT2D eigenvalue weighted by molar-refractivity contribution is -0.116. The first-order valence-electron chi connectivity index (χ1n) is 6.64. The van der Waals surface area contributed by atoms with Crippen molar-refractivity contribution in [3.8, 4) is 0 Å². The molecule has 0 bridgehead atoms. The van der Waals surface area contributed by atoms with Crippen molar-refractivity contribution in [1.29, 1.82) is 0 Å². The Kier molecular flexibility index (Phi) is 3.38. The summed E-state index contributed by atoms with van der Waals surface area (Å²) in [6.07, 6.45) is 2.18.